The van der Waals surface area contributed by atoms with Crippen molar-refractivity contribution in [1.82, 2.24) is 9.80 Å². The van der Waals surface area contributed by atoms with E-state index in [1.165, 1.54) is 17.0 Å². The molecule has 1 aromatic carbocycles. The Bertz CT molecular complexity index is 779. The Labute approximate surface area is 176 Å². The summed E-state index contributed by atoms with van der Waals surface area (Å²) < 4.78 is 18.9. The third-order valence-corrected chi connectivity index (χ3v) is 7.01. The first-order chi connectivity index (χ1) is 14.4. The van der Waals surface area contributed by atoms with E-state index in [2.05, 4.69) is 16.7 Å². The van der Waals surface area contributed by atoms with Crippen molar-refractivity contribution in [1.29, 1.82) is 0 Å². The van der Waals surface area contributed by atoms with E-state index in [4.69, 9.17) is 9.84 Å². The number of carbonyl (C=O) groups excluding carboxylic acids is 1. The summed E-state index contributed by atoms with van der Waals surface area (Å²) in [5.74, 6) is -0.366. The predicted molar refractivity (Wildman–Crippen MR) is 110 cm³/mol. The second kappa shape index (κ2) is 8.41. The molecular weight excluding hydrogens is 389 g/mol. The van der Waals surface area contributed by atoms with Crippen LogP contribution in [-0.2, 0) is 9.53 Å². The normalized spacial score (nSPS) is 26.8. The molecule has 0 bridgehead atoms. The van der Waals surface area contributed by atoms with Gasteiger partial charge in [0.15, 0.2) is 0 Å². The highest BCUT2D eigenvalue weighted by molar-refractivity contribution is 5.79. The first-order valence-electron chi connectivity index (χ1n) is 10.8. The van der Waals surface area contributed by atoms with Gasteiger partial charge < -0.3 is 19.6 Å². The van der Waals surface area contributed by atoms with Crippen LogP contribution in [-0.4, -0.2) is 78.4 Å². The van der Waals surface area contributed by atoms with Crippen LogP contribution >= 0.6 is 0 Å². The van der Waals surface area contributed by atoms with Crippen molar-refractivity contribution in [2.45, 2.75) is 44.8 Å². The van der Waals surface area contributed by atoms with Gasteiger partial charge in [-0.1, -0.05) is 0 Å². The number of carbonyl (C=O) groups is 2. The third kappa shape index (κ3) is 4.24. The highest BCUT2D eigenvalue weighted by atomic mass is 19.1. The van der Waals surface area contributed by atoms with Crippen LogP contribution < -0.4 is 4.90 Å². The molecular formula is C22H30FN3O4. The number of anilines is 1. The lowest BCUT2D eigenvalue weighted by Crippen LogP contribution is -2.52. The minimum absolute atomic E-state index is 0.0868. The zero-order valence-corrected chi connectivity index (χ0v) is 17.4. The minimum atomic E-state index is -0.915. The number of ether oxygens (including phenoxy) is 1. The van der Waals surface area contributed by atoms with Crippen molar-refractivity contribution in [3.05, 3.63) is 30.1 Å². The number of amides is 1. The fourth-order valence-corrected chi connectivity index (χ4v) is 5.06. The zero-order chi connectivity index (χ0) is 21.3. The van der Waals surface area contributed by atoms with E-state index in [1.54, 1.807) is 0 Å². The Hall–Kier alpha value is -2.35. The van der Waals surface area contributed by atoms with Crippen molar-refractivity contribution < 1.29 is 23.8 Å². The number of halogens is 1. The van der Waals surface area contributed by atoms with Crippen molar-refractivity contribution in [2.75, 3.05) is 44.2 Å². The number of piperidine rings is 1. The highest BCUT2D eigenvalue weighted by Crippen LogP contribution is 2.44. The largest absolute Gasteiger partial charge is 0.465 e. The molecule has 1 amide bonds. The summed E-state index contributed by atoms with van der Waals surface area (Å²) in [6.07, 6.45) is 1.61. The maximum Gasteiger partial charge on any atom is 0.407 e. The standard InChI is InChI=1S/C22H30FN3O4/c1-16-15-26(18-4-2-17(23)3-5-18)13-12-24(16)9-6-19-14-22(20(27)30-19)7-10-25(11-8-22)21(28)29/h2-5,16,19H,6-15H2,1H3,(H,28,29). The van der Waals surface area contributed by atoms with Crippen LogP contribution in [0.5, 0.6) is 0 Å². The molecule has 30 heavy (non-hydrogen) atoms. The average molecular weight is 419 g/mol. The Kier molecular flexibility index (Phi) is 5.86. The predicted octanol–water partition coefficient (Wildman–Crippen LogP) is 2.80. The number of hydrogen-bond donors (Lipinski definition) is 1. The van der Waals surface area contributed by atoms with E-state index in [-0.39, 0.29) is 17.9 Å². The van der Waals surface area contributed by atoms with Crippen LogP contribution in [0.15, 0.2) is 24.3 Å². The number of piperazine rings is 1. The molecule has 2 atom stereocenters. The molecule has 7 nitrogen and oxygen atoms in total. The molecule has 3 aliphatic rings. The molecule has 164 valence electrons. The SMILES string of the molecule is CC1CN(c2ccc(F)cc2)CCN1CCC1CC2(CCN(C(=O)O)CC2)C(=O)O1. The Morgan fingerprint density at radius 1 is 1.20 bits per heavy atom. The molecule has 3 saturated heterocycles. The molecule has 0 saturated carbocycles. The Morgan fingerprint density at radius 2 is 1.90 bits per heavy atom. The molecule has 1 aromatic rings. The summed E-state index contributed by atoms with van der Waals surface area (Å²) in [5.41, 5.74) is 0.547. The topological polar surface area (TPSA) is 73.3 Å². The van der Waals surface area contributed by atoms with Crippen molar-refractivity contribution in [2.24, 2.45) is 5.41 Å². The van der Waals surface area contributed by atoms with Gasteiger partial charge in [0, 0.05) is 57.4 Å². The van der Waals surface area contributed by atoms with Crippen molar-refractivity contribution >= 4 is 17.7 Å². The number of cyclic esters (lactones) is 1. The van der Waals surface area contributed by atoms with Gasteiger partial charge in [-0.05, 0) is 50.5 Å². The number of hydrogen-bond acceptors (Lipinski definition) is 5. The molecule has 0 radical (unpaired) electrons. The highest BCUT2D eigenvalue weighted by Gasteiger charge is 2.50. The van der Waals surface area contributed by atoms with Crippen LogP contribution in [0.4, 0.5) is 14.9 Å². The maximum absolute atomic E-state index is 13.2. The van der Waals surface area contributed by atoms with Gasteiger partial charge in [-0.2, -0.15) is 0 Å². The molecule has 3 fully saturated rings. The molecule has 0 aliphatic carbocycles. The van der Waals surface area contributed by atoms with Gasteiger partial charge in [-0.25, -0.2) is 9.18 Å². The molecule has 8 heteroatoms. The van der Waals surface area contributed by atoms with Crippen LogP contribution in [0.2, 0.25) is 0 Å². The molecule has 3 heterocycles. The van der Waals surface area contributed by atoms with Crippen molar-refractivity contribution in [3.8, 4) is 0 Å². The number of likely N-dealkylation sites (tertiary alicyclic amines) is 1. The molecule has 1 N–H and O–H groups in total. The molecule has 4 rings (SSSR count). The maximum atomic E-state index is 13.2. The number of esters is 1. The average Bonchev–Trinajstić information content (AvgIpc) is 3.03. The van der Waals surface area contributed by atoms with Crippen LogP contribution in [0, 0.1) is 11.2 Å². The Balaban J connectivity index is 1.26. The second-order valence-corrected chi connectivity index (χ2v) is 8.88. The lowest BCUT2D eigenvalue weighted by molar-refractivity contribution is -0.150. The summed E-state index contributed by atoms with van der Waals surface area (Å²) in [4.78, 5) is 29.8. The molecule has 3 aliphatic heterocycles. The van der Waals surface area contributed by atoms with E-state index in [0.29, 0.717) is 38.4 Å². The summed E-state index contributed by atoms with van der Waals surface area (Å²) in [5, 5.41) is 9.13. The zero-order valence-electron chi connectivity index (χ0n) is 17.4. The Morgan fingerprint density at radius 3 is 2.53 bits per heavy atom. The lowest BCUT2D eigenvalue weighted by Gasteiger charge is -2.41. The monoisotopic (exact) mass is 419 g/mol. The number of carboxylic acid groups (broad SMARTS) is 1. The van der Waals surface area contributed by atoms with Gasteiger partial charge in [0.25, 0.3) is 0 Å². The van der Waals surface area contributed by atoms with Gasteiger partial charge in [0.1, 0.15) is 11.9 Å². The summed E-state index contributed by atoms with van der Waals surface area (Å²) in [6.45, 7) is 6.55. The van der Waals surface area contributed by atoms with Crippen LogP contribution in [0.3, 0.4) is 0 Å². The van der Waals surface area contributed by atoms with E-state index in [0.717, 1.165) is 38.3 Å². The fraction of sp³-hybridized carbons (Fsp3) is 0.636. The van der Waals surface area contributed by atoms with Gasteiger partial charge in [-0.3, -0.25) is 9.69 Å². The minimum Gasteiger partial charge on any atom is -0.465 e. The van der Waals surface area contributed by atoms with E-state index in [1.807, 2.05) is 12.1 Å². The quantitative estimate of drug-likeness (QED) is 0.757. The lowest BCUT2D eigenvalue weighted by atomic mass is 9.76. The van der Waals surface area contributed by atoms with Gasteiger partial charge in [0.05, 0.1) is 5.41 Å². The van der Waals surface area contributed by atoms with Gasteiger partial charge in [-0.15, -0.1) is 0 Å². The van der Waals surface area contributed by atoms with Crippen LogP contribution in [0.25, 0.3) is 0 Å². The van der Waals surface area contributed by atoms with E-state index < -0.39 is 11.5 Å². The van der Waals surface area contributed by atoms with Gasteiger partial charge in [0.2, 0.25) is 0 Å². The first-order valence-corrected chi connectivity index (χ1v) is 10.8. The number of nitrogens with zero attached hydrogens (tertiary/aromatic N) is 3. The second-order valence-electron chi connectivity index (χ2n) is 8.88. The molecule has 1 spiro atoms. The third-order valence-electron chi connectivity index (χ3n) is 7.01. The molecule has 2 unspecified atom stereocenters. The summed E-state index contributed by atoms with van der Waals surface area (Å²) in [7, 11) is 0. The molecule has 0 aromatic heterocycles. The summed E-state index contributed by atoms with van der Waals surface area (Å²) in [6, 6.07) is 7.00. The van der Waals surface area contributed by atoms with Crippen LogP contribution in [0.1, 0.15) is 32.6 Å². The van der Waals surface area contributed by atoms with E-state index in [9.17, 15) is 14.0 Å². The van der Waals surface area contributed by atoms with Gasteiger partial charge >= 0.3 is 12.1 Å². The van der Waals surface area contributed by atoms with Crippen molar-refractivity contribution in [3.63, 3.8) is 0 Å². The first kappa shape index (κ1) is 20.9. The smallest absolute Gasteiger partial charge is 0.407 e. The fourth-order valence-electron chi connectivity index (χ4n) is 5.06. The number of rotatable bonds is 4. The summed E-state index contributed by atoms with van der Waals surface area (Å²) >= 11 is 0. The number of benzene rings is 1. The van der Waals surface area contributed by atoms with E-state index >= 15 is 0 Å².